The van der Waals surface area contributed by atoms with Crippen molar-refractivity contribution in [3.63, 3.8) is 0 Å². The molecule has 14 nitrogen and oxygen atoms in total. The van der Waals surface area contributed by atoms with E-state index < -0.39 is 55.9 Å². The summed E-state index contributed by atoms with van der Waals surface area (Å²) in [5.41, 5.74) is -0.352. The topological polar surface area (TPSA) is 156 Å². The van der Waals surface area contributed by atoms with Crippen molar-refractivity contribution in [3.05, 3.63) is 154 Å². The van der Waals surface area contributed by atoms with Crippen LogP contribution in [0.2, 0.25) is 0 Å². The molecular weight excluding hydrogens is 822 g/mol. The number of amides is 1. The highest BCUT2D eigenvalue weighted by atomic mass is 31.2. The summed E-state index contributed by atoms with van der Waals surface area (Å²) in [6.45, 7) is 10.2. The first-order valence-corrected chi connectivity index (χ1v) is 22.1. The maximum absolute atomic E-state index is 14.0. The van der Waals surface area contributed by atoms with E-state index in [4.69, 9.17) is 32.7 Å². The number of ether oxygens (including phenoxy) is 5. The molecule has 4 aromatic carbocycles. The Morgan fingerprint density at radius 3 is 2.00 bits per heavy atom. The van der Waals surface area contributed by atoms with Crippen LogP contribution in [0.25, 0.3) is 0 Å². The smallest absolute Gasteiger partial charge is 0.351 e. The minimum atomic E-state index is -1.82. The molecule has 15 heteroatoms. The molecule has 1 aromatic heterocycles. The van der Waals surface area contributed by atoms with E-state index in [-0.39, 0.29) is 37.5 Å². The van der Waals surface area contributed by atoms with E-state index in [1.54, 1.807) is 44.6 Å². The summed E-state index contributed by atoms with van der Waals surface area (Å²) < 4.78 is 49.6. The van der Waals surface area contributed by atoms with Crippen molar-refractivity contribution >= 4 is 20.3 Å². The average Bonchev–Trinajstić information content (AvgIpc) is 3.73. The van der Waals surface area contributed by atoms with E-state index in [0.29, 0.717) is 17.1 Å². The minimum absolute atomic E-state index is 0.000782. The summed E-state index contributed by atoms with van der Waals surface area (Å²) in [5.74, 6) is 1.04. The van der Waals surface area contributed by atoms with Crippen LogP contribution < -0.4 is 20.5 Å². The van der Waals surface area contributed by atoms with Gasteiger partial charge in [-0.15, -0.1) is 0 Å². The van der Waals surface area contributed by atoms with Crippen LogP contribution in [0.3, 0.4) is 0 Å². The third-order valence-electron chi connectivity index (χ3n) is 11.4. The Morgan fingerprint density at radius 2 is 1.46 bits per heavy atom. The highest BCUT2D eigenvalue weighted by Gasteiger charge is 2.68. The molecule has 0 aliphatic carbocycles. The van der Waals surface area contributed by atoms with Crippen molar-refractivity contribution < 1.29 is 37.5 Å². The molecule has 0 spiro atoms. The Morgan fingerprint density at radius 1 is 0.889 bits per heavy atom. The third-order valence-corrected chi connectivity index (χ3v) is 13.5. The highest BCUT2D eigenvalue weighted by Crippen LogP contribution is 2.58. The Labute approximate surface area is 369 Å². The molecular formula is C48H54N5O9P. The molecule has 63 heavy (non-hydrogen) atoms. The summed E-state index contributed by atoms with van der Waals surface area (Å²) in [6, 6.07) is 37.8. The van der Waals surface area contributed by atoms with Crippen LogP contribution in [-0.4, -0.2) is 83.6 Å². The van der Waals surface area contributed by atoms with Crippen molar-refractivity contribution in [2.45, 2.75) is 88.9 Å². The normalized spacial score (nSPS) is 21.1. The van der Waals surface area contributed by atoms with Gasteiger partial charge in [-0.2, -0.15) is 10.2 Å². The van der Waals surface area contributed by atoms with Crippen molar-refractivity contribution in [2.75, 3.05) is 32.8 Å². The maximum atomic E-state index is 14.0. The van der Waals surface area contributed by atoms with Gasteiger partial charge in [0.05, 0.1) is 46.0 Å². The quantitative estimate of drug-likeness (QED) is 0.0483. The second kappa shape index (κ2) is 19.9. The number of carbonyl (C=O) groups excluding carboxylic acids is 1. The predicted molar refractivity (Wildman–Crippen MR) is 238 cm³/mol. The lowest BCUT2D eigenvalue weighted by molar-refractivity contribution is -0.231. The third kappa shape index (κ3) is 9.28. The Kier molecular flexibility index (Phi) is 14.4. The number of fused-ring (bicyclic) bond motifs is 2. The fourth-order valence-corrected chi connectivity index (χ4v) is 10.1. The average molecular weight is 876 g/mol. The molecule has 0 saturated carbocycles. The van der Waals surface area contributed by atoms with Crippen LogP contribution in [0.5, 0.6) is 11.5 Å². The van der Waals surface area contributed by atoms with Crippen LogP contribution in [0.15, 0.2) is 126 Å². The summed E-state index contributed by atoms with van der Waals surface area (Å²) in [6.07, 6.45) is -1.63. The van der Waals surface area contributed by atoms with Gasteiger partial charge in [0.1, 0.15) is 40.7 Å². The number of nitrogens with one attached hydrogen (secondary N) is 1. The monoisotopic (exact) mass is 875 g/mol. The van der Waals surface area contributed by atoms with Gasteiger partial charge in [-0.05, 0) is 93.8 Å². The molecule has 5 aromatic rings. The zero-order valence-corrected chi connectivity index (χ0v) is 37.4. The van der Waals surface area contributed by atoms with Crippen molar-refractivity contribution in [2.24, 2.45) is 0 Å². The van der Waals surface area contributed by atoms with E-state index in [1.165, 1.54) is 10.8 Å². The SMILES string of the molecule is COc1ccc(C(OC[C@]23O[C@@H](n4ccc(NC(=O)c5ccccc5)nc4=O)[C@@H](OC2C)[C@H]3OP(OCCC#N)N(C(C)C)C(C)C)(c2ccccc2)c2ccc(OC)cc2)cc1. The van der Waals surface area contributed by atoms with Crippen molar-refractivity contribution in [1.29, 1.82) is 5.26 Å². The van der Waals surface area contributed by atoms with E-state index in [1.807, 2.05) is 91.9 Å². The predicted octanol–water partition coefficient (Wildman–Crippen LogP) is 8.24. The number of hydrogen-bond donors (Lipinski definition) is 1. The number of benzene rings is 4. The summed E-state index contributed by atoms with van der Waals surface area (Å²) in [4.78, 5) is 31.2. The van der Waals surface area contributed by atoms with Gasteiger partial charge in [-0.1, -0.05) is 72.8 Å². The summed E-state index contributed by atoms with van der Waals surface area (Å²) in [7, 11) is 1.43. The molecule has 2 fully saturated rings. The largest absolute Gasteiger partial charge is 0.497 e. The van der Waals surface area contributed by atoms with Crippen LogP contribution in [0.1, 0.15) is 74.3 Å². The molecule has 330 valence electrons. The van der Waals surface area contributed by atoms with Gasteiger partial charge in [-0.3, -0.25) is 9.36 Å². The maximum Gasteiger partial charge on any atom is 0.351 e. The second-order valence-corrected chi connectivity index (χ2v) is 17.3. The molecule has 2 saturated heterocycles. The fourth-order valence-electron chi connectivity index (χ4n) is 8.34. The van der Waals surface area contributed by atoms with Gasteiger partial charge in [0, 0.05) is 23.8 Å². The number of rotatable bonds is 19. The van der Waals surface area contributed by atoms with Gasteiger partial charge in [0.2, 0.25) is 0 Å². The number of anilines is 1. The number of methoxy groups -OCH3 is 2. The van der Waals surface area contributed by atoms with E-state index >= 15 is 0 Å². The minimum Gasteiger partial charge on any atom is -0.497 e. The number of hydrogen-bond acceptors (Lipinski definition) is 12. The van der Waals surface area contributed by atoms with Gasteiger partial charge >= 0.3 is 5.69 Å². The standard InChI is InChI=1S/C48H54N5O9P/c1-32(2)53(33(3)4)63(59-30-14-28-49)62-43-42-45(52-29-27-41(51-46(52)55)50-44(54)35-15-10-8-11-16-35)61-47(43,34(5)60-42)31-58-48(36-17-12-9-13-18-36,37-19-23-39(56-6)24-20-37)38-21-25-40(57-7)26-22-38/h8-13,15-27,29,32-34,42-43,45H,14,30-31H2,1-7H3,(H,50,51,54,55)/t34?,42-,43+,45+,47-,63?/m0/s1. The number of nitriles is 1. The van der Waals surface area contributed by atoms with Crippen molar-refractivity contribution in [1.82, 2.24) is 14.2 Å². The first-order chi connectivity index (χ1) is 30.4. The summed E-state index contributed by atoms with van der Waals surface area (Å²) >= 11 is 0. The molecule has 0 radical (unpaired) electrons. The second-order valence-electron chi connectivity index (χ2n) is 15.9. The lowest BCUT2D eigenvalue weighted by Gasteiger charge is -2.43. The number of aromatic nitrogens is 2. The Bertz CT molecular complexity index is 2340. The molecule has 2 aliphatic rings. The molecule has 2 bridgehead atoms. The summed E-state index contributed by atoms with van der Waals surface area (Å²) in [5, 5.41) is 12.2. The molecule has 1 amide bonds. The van der Waals surface area contributed by atoms with Crippen LogP contribution in [-0.2, 0) is 28.9 Å². The van der Waals surface area contributed by atoms with Crippen LogP contribution in [0.4, 0.5) is 5.82 Å². The highest BCUT2D eigenvalue weighted by molar-refractivity contribution is 7.44. The molecule has 1 N–H and O–H groups in total. The lowest BCUT2D eigenvalue weighted by Crippen LogP contribution is -2.53. The Hall–Kier alpha value is -5.49. The molecule has 2 unspecified atom stereocenters. The first kappa shape index (κ1) is 45.5. The van der Waals surface area contributed by atoms with Crippen LogP contribution >= 0.6 is 8.53 Å². The van der Waals surface area contributed by atoms with E-state index in [2.05, 4.69) is 48.7 Å². The van der Waals surface area contributed by atoms with Crippen molar-refractivity contribution in [3.8, 4) is 17.6 Å². The van der Waals surface area contributed by atoms with E-state index in [0.717, 1.165) is 16.7 Å². The lowest BCUT2D eigenvalue weighted by atomic mass is 9.79. The molecule has 7 rings (SSSR count). The zero-order valence-electron chi connectivity index (χ0n) is 36.5. The molecule has 2 aliphatic heterocycles. The van der Waals surface area contributed by atoms with Crippen LogP contribution in [0, 0.1) is 11.3 Å². The van der Waals surface area contributed by atoms with Gasteiger partial charge in [0.25, 0.3) is 14.4 Å². The number of carbonyl (C=O) groups is 1. The van der Waals surface area contributed by atoms with Gasteiger partial charge in [-0.25, -0.2) is 9.46 Å². The van der Waals surface area contributed by atoms with Gasteiger partial charge in [0.15, 0.2) is 6.23 Å². The first-order valence-electron chi connectivity index (χ1n) is 21.0. The molecule has 3 heterocycles. The zero-order chi connectivity index (χ0) is 44.7. The van der Waals surface area contributed by atoms with Gasteiger partial charge < -0.3 is 38.0 Å². The number of nitrogens with zero attached hydrogens (tertiary/aromatic N) is 4. The fraction of sp³-hybridized carbons (Fsp3) is 0.375. The Balaban J connectivity index is 1.33. The molecule has 6 atom stereocenters. The van der Waals surface area contributed by atoms with E-state index in [9.17, 15) is 14.9 Å².